The van der Waals surface area contributed by atoms with Gasteiger partial charge in [0.1, 0.15) is 0 Å². The number of nitrogens with one attached hydrogen (secondary N) is 1. The van der Waals surface area contributed by atoms with E-state index in [0.717, 1.165) is 32.5 Å². The van der Waals surface area contributed by atoms with Gasteiger partial charge in [0.25, 0.3) is 0 Å². The van der Waals surface area contributed by atoms with Crippen molar-refractivity contribution < 1.29 is 4.79 Å². The average molecular weight is 321 g/mol. The first-order valence-corrected chi connectivity index (χ1v) is 9.26. The van der Waals surface area contributed by atoms with Crippen LogP contribution >= 0.6 is 11.3 Å². The molecular weight excluding hydrogens is 294 g/mol. The Hall–Kier alpha value is -0.910. The molecule has 3 unspecified atom stereocenters. The molecule has 1 amide bonds. The minimum atomic E-state index is 0.0847. The van der Waals surface area contributed by atoms with Crippen LogP contribution in [0.25, 0.3) is 0 Å². The Morgan fingerprint density at radius 2 is 2.05 bits per heavy atom. The largest absolute Gasteiger partial charge is 0.354 e. The molecule has 2 saturated heterocycles. The predicted molar refractivity (Wildman–Crippen MR) is 91.1 cm³/mol. The van der Waals surface area contributed by atoms with Crippen molar-refractivity contribution in [1.29, 1.82) is 0 Å². The fourth-order valence-corrected chi connectivity index (χ4v) is 4.96. The summed E-state index contributed by atoms with van der Waals surface area (Å²) in [5.74, 6) is 0.742. The fraction of sp³-hybridized carbons (Fsp3) is 0.706. The number of likely N-dealkylation sites (N-methyl/N-ethyl adjacent to an activating group) is 1. The van der Waals surface area contributed by atoms with E-state index in [4.69, 9.17) is 0 Å². The Balaban J connectivity index is 1.61. The molecule has 0 saturated carbocycles. The molecule has 2 aliphatic rings. The van der Waals surface area contributed by atoms with E-state index in [1.165, 1.54) is 17.7 Å². The summed E-state index contributed by atoms with van der Waals surface area (Å²) in [7, 11) is 4.27. The monoisotopic (exact) mass is 321 g/mol. The fourth-order valence-electron chi connectivity index (χ4n) is 3.97. The van der Waals surface area contributed by atoms with Crippen molar-refractivity contribution in [3.05, 3.63) is 22.4 Å². The number of rotatable bonds is 4. The number of carbonyl (C=O) groups excluding carboxylic acids is 1. The van der Waals surface area contributed by atoms with Crippen molar-refractivity contribution in [1.82, 2.24) is 15.1 Å². The van der Waals surface area contributed by atoms with E-state index in [1.54, 1.807) is 0 Å². The van der Waals surface area contributed by atoms with Crippen molar-refractivity contribution in [2.75, 3.05) is 33.7 Å². The number of hydrogen-bond donors (Lipinski definition) is 1. The van der Waals surface area contributed by atoms with Gasteiger partial charge in [-0.25, -0.2) is 0 Å². The Morgan fingerprint density at radius 1 is 1.27 bits per heavy atom. The highest BCUT2D eigenvalue weighted by Crippen LogP contribution is 2.36. The zero-order valence-corrected chi connectivity index (χ0v) is 14.4. The van der Waals surface area contributed by atoms with Crippen LogP contribution in [0.5, 0.6) is 0 Å². The maximum absolute atomic E-state index is 12.4. The zero-order valence-electron chi connectivity index (χ0n) is 13.6. The van der Waals surface area contributed by atoms with Crippen molar-refractivity contribution in [2.45, 2.75) is 37.8 Å². The van der Waals surface area contributed by atoms with Gasteiger partial charge < -0.3 is 5.32 Å². The second kappa shape index (κ2) is 7.11. The molecule has 4 nitrogen and oxygen atoms in total. The molecule has 3 heterocycles. The van der Waals surface area contributed by atoms with E-state index in [-0.39, 0.29) is 11.9 Å². The highest BCUT2D eigenvalue weighted by molar-refractivity contribution is 7.10. The van der Waals surface area contributed by atoms with Crippen LogP contribution in [-0.4, -0.2) is 55.5 Å². The zero-order chi connectivity index (χ0) is 15.5. The third-order valence-electron chi connectivity index (χ3n) is 5.20. The summed E-state index contributed by atoms with van der Waals surface area (Å²) < 4.78 is 0. The lowest BCUT2D eigenvalue weighted by Crippen LogP contribution is -2.46. The summed E-state index contributed by atoms with van der Waals surface area (Å²) in [6, 6.07) is 4.90. The second-order valence-corrected chi connectivity index (χ2v) is 7.71. The van der Waals surface area contributed by atoms with Crippen molar-refractivity contribution in [3.8, 4) is 0 Å². The summed E-state index contributed by atoms with van der Waals surface area (Å²) in [5.41, 5.74) is 0. The first-order valence-electron chi connectivity index (χ1n) is 8.38. The van der Waals surface area contributed by atoms with Crippen LogP contribution in [0.2, 0.25) is 0 Å². The minimum Gasteiger partial charge on any atom is -0.354 e. The molecule has 1 aromatic heterocycles. The highest BCUT2D eigenvalue weighted by atomic mass is 32.1. The Labute approximate surface area is 137 Å². The number of hydrogen-bond acceptors (Lipinski definition) is 4. The van der Waals surface area contributed by atoms with E-state index in [0.29, 0.717) is 12.0 Å². The first kappa shape index (κ1) is 16.0. The van der Waals surface area contributed by atoms with Gasteiger partial charge >= 0.3 is 0 Å². The van der Waals surface area contributed by atoms with Crippen LogP contribution in [0.1, 0.15) is 36.6 Å². The van der Waals surface area contributed by atoms with Gasteiger partial charge in [0.05, 0.1) is 6.04 Å². The van der Waals surface area contributed by atoms with Crippen molar-refractivity contribution in [2.24, 2.45) is 5.92 Å². The molecule has 3 atom stereocenters. The lowest BCUT2D eigenvalue weighted by atomic mass is 9.88. The Morgan fingerprint density at radius 3 is 2.73 bits per heavy atom. The van der Waals surface area contributed by atoms with Crippen molar-refractivity contribution >= 4 is 17.2 Å². The lowest BCUT2D eigenvalue weighted by molar-refractivity contribution is -0.125. The van der Waals surface area contributed by atoms with Crippen LogP contribution in [0.3, 0.4) is 0 Å². The molecule has 5 heteroatoms. The second-order valence-electron chi connectivity index (χ2n) is 6.73. The Kier molecular flexibility index (Phi) is 5.16. The molecule has 22 heavy (non-hydrogen) atoms. The van der Waals surface area contributed by atoms with E-state index in [1.807, 2.05) is 11.3 Å². The quantitative estimate of drug-likeness (QED) is 0.924. The summed E-state index contributed by atoms with van der Waals surface area (Å²) in [5, 5.41) is 5.39. The molecule has 0 aliphatic carbocycles. The van der Waals surface area contributed by atoms with E-state index in [9.17, 15) is 4.79 Å². The maximum atomic E-state index is 12.4. The third-order valence-corrected chi connectivity index (χ3v) is 6.15. The van der Waals surface area contributed by atoms with E-state index >= 15 is 0 Å². The van der Waals surface area contributed by atoms with Gasteiger partial charge in [0, 0.05) is 17.5 Å². The summed E-state index contributed by atoms with van der Waals surface area (Å²) >= 11 is 1.83. The minimum absolute atomic E-state index is 0.0847. The van der Waals surface area contributed by atoms with Crippen LogP contribution in [0, 0.1) is 5.92 Å². The molecule has 1 N–H and O–H groups in total. The maximum Gasteiger partial charge on any atom is 0.237 e. The van der Waals surface area contributed by atoms with Gasteiger partial charge in [-0.2, -0.15) is 0 Å². The number of carbonyl (C=O) groups is 1. The molecule has 2 aliphatic heterocycles. The Bertz CT molecular complexity index is 490. The van der Waals surface area contributed by atoms with Gasteiger partial charge in [-0.05, 0) is 70.2 Å². The molecule has 3 rings (SSSR count). The van der Waals surface area contributed by atoms with Crippen molar-refractivity contribution in [3.63, 3.8) is 0 Å². The SMILES string of the molecule is CN1CCCC1C(=O)NCC1CCCN(C)C1c1cccs1. The summed E-state index contributed by atoms with van der Waals surface area (Å²) in [6.45, 7) is 3.00. The molecule has 1 aromatic rings. The first-order chi connectivity index (χ1) is 10.7. The van der Waals surface area contributed by atoms with Crippen LogP contribution < -0.4 is 5.32 Å². The van der Waals surface area contributed by atoms with Gasteiger partial charge in [-0.3, -0.25) is 14.6 Å². The molecule has 0 radical (unpaired) electrons. The standard InChI is InChI=1S/C17H27N3OS/c1-19-9-4-7-14(19)17(21)18-12-13-6-3-10-20(2)16(13)15-8-5-11-22-15/h5,8,11,13-14,16H,3-4,6-7,9-10,12H2,1-2H3,(H,18,21). The summed E-state index contributed by atoms with van der Waals surface area (Å²) in [6.07, 6.45) is 4.57. The lowest BCUT2D eigenvalue weighted by Gasteiger charge is -2.39. The molecule has 2 fully saturated rings. The topological polar surface area (TPSA) is 35.6 Å². The normalized spacial score (nSPS) is 30.5. The van der Waals surface area contributed by atoms with Gasteiger partial charge in [0.15, 0.2) is 0 Å². The molecular formula is C17H27N3OS. The molecule has 0 aromatic carbocycles. The van der Waals surface area contributed by atoms with Gasteiger partial charge in [0.2, 0.25) is 5.91 Å². The van der Waals surface area contributed by atoms with Crippen LogP contribution in [0.15, 0.2) is 17.5 Å². The molecule has 0 bridgehead atoms. The smallest absolute Gasteiger partial charge is 0.237 e. The van der Waals surface area contributed by atoms with Gasteiger partial charge in [-0.15, -0.1) is 11.3 Å². The number of likely N-dealkylation sites (tertiary alicyclic amines) is 2. The van der Waals surface area contributed by atoms with Gasteiger partial charge in [-0.1, -0.05) is 6.07 Å². The molecule has 0 spiro atoms. The number of piperidine rings is 1. The van der Waals surface area contributed by atoms with E-state index in [2.05, 4.69) is 46.7 Å². The average Bonchev–Trinajstić information content (AvgIpc) is 3.16. The number of thiophene rings is 1. The van der Waals surface area contributed by atoms with Crippen LogP contribution in [0.4, 0.5) is 0 Å². The third kappa shape index (κ3) is 3.36. The number of amides is 1. The van der Waals surface area contributed by atoms with Crippen LogP contribution in [-0.2, 0) is 4.79 Å². The van der Waals surface area contributed by atoms with E-state index < -0.39 is 0 Å². The predicted octanol–water partition coefficient (Wildman–Crippen LogP) is 2.34. The highest BCUT2D eigenvalue weighted by Gasteiger charge is 2.33. The number of nitrogens with zero attached hydrogens (tertiary/aromatic N) is 2. The summed E-state index contributed by atoms with van der Waals surface area (Å²) in [4.78, 5) is 18.5. The molecule has 122 valence electrons.